The molecule has 0 fully saturated rings. The fourth-order valence-electron chi connectivity index (χ4n) is 3.11. The van der Waals surface area contributed by atoms with Gasteiger partial charge >= 0.3 is 0 Å². The van der Waals surface area contributed by atoms with Crippen LogP contribution in [-0.2, 0) is 6.42 Å². The Balaban J connectivity index is 1.56. The zero-order valence-corrected chi connectivity index (χ0v) is 14.8. The van der Waals surface area contributed by atoms with Crippen molar-refractivity contribution in [2.75, 3.05) is 14.2 Å². The Hall–Kier alpha value is -3.27. The summed E-state index contributed by atoms with van der Waals surface area (Å²) in [7, 11) is 3.29. The first-order chi connectivity index (χ1) is 12.8. The van der Waals surface area contributed by atoms with E-state index < -0.39 is 0 Å². The van der Waals surface area contributed by atoms with Crippen LogP contribution in [0.1, 0.15) is 11.4 Å². The van der Waals surface area contributed by atoms with E-state index in [4.69, 9.17) is 9.47 Å². The van der Waals surface area contributed by atoms with Gasteiger partial charge in [-0.1, -0.05) is 42.5 Å². The Bertz CT molecular complexity index is 1000. The molecule has 0 aliphatic rings. The summed E-state index contributed by atoms with van der Waals surface area (Å²) < 4.78 is 10.7. The summed E-state index contributed by atoms with van der Waals surface area (Å²) in [6.45, 7) is 0. The highest BCUT2D eigenvalue weighted by Crippen LogP contribution is 2.32. The second-order valence-electron chi connectivity index (χ2n) is 6.14. The van der Waals surface area contributed by atoms with Gasteiger partial charge in [0, 0.05) is 6.42 Å². The summed E-state index contributed by atoms with van der Waals surface area (Å²) in [5, 5.41) is 0. The molecule has 1 N–H and O–H groups in total. The highest BCUT2D eigenvalue weighted by Gasteiger charge is 2.07. The van der Waals surface area contributed by atoms with E-state index in [-0.39, 0.29) is 0 Å². The van der Waals surface area contributed by atoms with Crippen molar-refractivity contribution in [2.45, 2.75) is 6.42 Å². The summed E-state index contributed by atoms with van der Waals surface area (Å²) >= 11 is 0. The van der Waals surface area contributed by atoms with Crippen molar-refractivity contribution < 1.29 is 9.47 Å². The molecule has 1 aromatic heterocycles. The molecule has 0 unspecified atom stereocenters. The first-order valence-electron chi connectivity index (χ1n) is 8.52. The second-order valence-corrected chi connectivity index (χ2v) is 6.14. The minimum absolute atomic E-state index is 0.733. The fraction of sp³-hybridized carbons (Fsp3) is 0.136. The van der Waals surface area contributed by atoms with Crippen molar-refractivity contribution in [1.29, 1.82) is 0 Å². The number of fused-ring (bicyclic) bond motifs is 1. The third-order valence-corrected chi connectivity index (χ3v) is 4.48. The molecule has 0 saturated carbocycles. The van der Waals surface area contributed by atoms with E-state index in [1.54, 1.807) is 14.2 Å². The SMILES string of the molecule is COc1ccc(-c2ccc(Cc3nc4ccccc4[nH]3)cc2)cc1OC. The Morgan fingerprint density at radius 1 is 0.808 bits per heavy atom. The average Bonchev–Trinajstić information content (AvgIpc) is 3.10. The number of aromatic nitrogens is 2. The normalized spacial score (nSPS) is 10.8. The first-order valence-corrected chi connectivity index (χ1v) is 8.52. The molecule has 0 atom stereocenters. The maximum absolute atomic E-state index is 5.39. The van der Waals surface area contributed by atoms with Crippen LogP contribution in [0, 0.1) is 0 Å². The van der Waals surface area contributed by atoms with Crippen LogP contribution in [0.5, 0.6) is 11.5 Å². The maximum atomic E-state index is 5.39. The van der Waals surface area contributed by atoms with Crippen LogP contribution >= 0.6 is 0 Å². The number of para-hydroxylation sites is 2. The molecule has 0 aliphatic heterocycles. The number of nitrogens with one attached hydrogen (secondary N) is 1. The summed E-state index contributed by atoms with van der Waals surface area (Å²) in [4.78, 5) is 8.02. The molecule has 3 aromatic carbocycles. The van der Waals surface area contributed by atoms with E-state index in [1.807, 2.05) is 42.5 Å². The summed E-state index contributed by atoms with van der Waals surface area (Å²) in [5.74, 6) is 2.44. The van der Waals surface area contributed by atoms with Crippen LogP contribution in [0.3, 0.4) is 0 Å². The van der Waals surface area contributed by atoms with Crippen LogP contribution in [0.15, 0.2) is 66.7 Å². The largest absolute Gasteiger partial charge is 0.493 e. The van der Waals surface area contributed by atoms with E-state index in [1.165, 1.54) is 5.56 Å². The van der Waals surface area contributed by atoms with E-state index in [0.29, 0.717) is 0 Å². The van der Waals surface area contributed by atoms with Crippen molar-refractivity contribution in [3.63, 3.8) is 0 Å². The first kappa shape index (κ1) is 16.2. The van der Waals surface area contributed by atoms with Gasteiger partial charge in [0.25, 0.3) is 0 Å². The summed E-state index contributed by atoms with van der Waals surface area (Å²) in [5.41, 5.74) is 5.53. The number of imidazole rings is 1. The molecular formula is C22H20N2O2. The van der Waals surface area contributed by atoms with Gasteiger partial charge in [0.15, 0.2) is 11.5 Å². The molecule has 0 bridgehead atoms. The van der Waals surface area contributed by atoms with Crippen LogP contribution in [0.2, 0.25) is 0 Å². The standard InChI is InChI=1S/C22H20N2O2/c1-25-20-12-11-17(14-21(20)26-2)16-9-7-15(8-10-16)13-22-23-18-5-3-4-6-19(18)24-22/h3-12,14H,13H2,1-2H3,(H,23,24). The minimum Gasteiger partial charge on any atom is -0.493 e. The molecule has 1 heterocycles. The predicted octanol–water partition coefficient (Wildman–Crippen LogP) is 4.84. The van der Waals surface area contributed by atoms with Gasteiger partial charge in [-0.3, -0.25) is 0 Å². The fourth-order valence-corrected chi connectivity index (χ4v) is 3.11. The predicted molar refractivity (Wildman–Crippen MR) is 104 cm³/mol. The van der Waals surface area contributed by atoms with Crippen molar-refractivity contribution >= 4 is 11.0 Å². The van der Waals surface area contributed by atoms with Crippen molar-refractivity contribution in [2.24, 2.45) is 0 Å². The monoisotopic (exact) mass is 344 g/mol. The molecule has 0 amide bonds. The Morgan fingerprint density at radius 3 is 2.27 bits per heavy atom. The molecule has 4 rings (SSSR count). The Kier molecular flexibility index (Phi) is 4.32. The molecule has 4 aromatic rings. The smallest absolute Gasteiger partial charge is 0.161 e. The highest BCUT2D eigenvalue weighted by atomic mass is 16.5. The van der Waals surface area contributed by atoms with E-state index in [9.17, 15) is 0 Å². The van der Waals surface area contributed by atoms with Gasteiger partial charge in [-0.15, -0.1) is 0 Å². The number of hydrogen-bond acceptors (Lipinski definition) is 3. The van der Waals surface area contributed by atoms with Crippen molar-refractivity contribution in [1.82, 2.24) is 9.97 Å². The van der Waals surface area contributed by atoms with Gasteiger partial charge in [-0.2, -0.15) is 0 Å². The van der Waals surface area contributed by atoms with Crippen LogP contribution in [-0.4, -0.2) is 24.2 Å². The molecule has 26 heavy (non-hydrogen) atoms. The Morgan fingerprint density at radius 2 is 1.54 bits per heavy atom. The lowest BCUT2D eigenvalue weighted by molar-refractivity contribution is 0.355. The lowest BCUT2D eigenvalue weighted by Crippen LogP contribution is -1.92. The molecule has 0 saturated heterocycles. The lowest BCUT2D eigenvalue weighted by Gasteiger charge is -2.10. The molecule has 0 spiro atoms. The molecular weight excluding hydrogens is 324 g/mol. The van der Waals surface area contributed by atoms with Crippen LogP contribution in [0.25, 0.3) is 22.2 Å². The number of ether oxygens (including phenoxy) is 2. The van der Waals surface area contributed by atoms with Gasteiger partial charge in [0.1, 0.15) is 5.82 Å². The zero-order chi connectivity index (χ0) is 17.9. The lowest BCUT2D eigenvalue weighted by atomic mass is 10.0. The molecule has 4 nitrogen and oxygen atoms in total. The third-order valence-electron chi connectivity index (χ3n) is 4.48. The van der Waals surface area contributed by atoms with Gasteiger partial charge in [0.05, 0.1) is 25.3 Å². The maximum Gasteiger partial charge on any atom is 0.161 e. The molecule has 130 valence electrons. The van der Waals surface area contributed by atoms with Gasteiger partial charge in [0.2, 0.25) is 0 Å². The third kappa shape index (κ3) is 3.14. The summed E-state index contributed by atoms with van der Waals surface area (Å²) in [6.07, 6.45) is 0.779. The number of benzene rings is 3. The second kappa shape index (κ2) is 6.92. The van der Waals surface area contributed by atoms with Gasteiger partial charge in [-0.05, 0) is 41.0 Å². The van der Waals surface area contributed by atoms with Gasteiger partial charge in [-0.25, -0.2) is 4.98 Å². The highest BCUT2D eigenvalue weighted by molar-refractivity contribution is 5.74. The number of H-pyrrole nitrogens is 1. The quantitative estimate of drug-likeness (QED) is 0.564. The van der Waals surface area contributed by atoms with E-state index >= 15 is 0 Å². The number of methoxy groups -OCH3 is 2. The number of nitrogens with zero attached hydrogens (tertiary/aromatic N) is 1. The molecule has 0 aliphatic carbocycles. The van der Waals surface area contributed by atoms with Crippen molar-refractivity contribution in [3.8, 4) is 22.6 Å². The number of aromatic amines is 1. The van der Waals surface area contributed by atoms with Crippen LogP contribution in [0.4, 0.5) is 0 Å². The topological polar surface area (TPSA) is 47.1 Å². The van der Waals surface area contributed by atoms with E-state index in [0.717, 1.165) is 45.9 Å². The zero-order valence-electron chi connectivity index (χ0n) is 14.8. The van der Waals surface area contributed by atoms with E-state index in [2.05, 4.69) is 34.2 Å². The molecule has 4 heteroatoms. The number of rotatable bonds is 5. The number of hydrogen-bond donors (Lipinski definition) is 1. The minimum atomic E-state index is 0.733. The van der Waals surface area contributed by atoms with Crippen LogP contribution < -0.4 is 9.47 Å². The summed E-state index contributed by atoms with van der Waals surface area (Å²) in [6, 6.07) is 22.6. The Labute approximate surface area is 152 Å². The van der Waals surface area contributed by atoms with Crippen molar-refractivity contribution in [3.05, 3.63) is 78.1 Å². The molecule has 0 radical (unpaired) electrons. The average molecular weight is 344 g/mol. The van der Waals surface area contributed by atoms with Gasteiger partial charge < -0.3 is 14.5 Å².